The predicted molar refractivity (Wildman–Crippen MR) is 129 cm³/mol. The summed E-state index contributed by atoms with van der Waals surface area (Å²) >= 11 is 0. The molecule has 33 heavy (non-hydrogen) atoms. The van der Waals surface area contributed by atoms with Crippen LogP contribution in [-0.4, -0.2) is 64.6 Å². The van der Waals surface area contributed by atoms with Crippen LogP contribution in [0.15, 0.2) is 47.6 Å². The highest BCUT2D eigenvalue weighted by Crippen LogP contribution is 2.33. The molecule has 2 atom stereocenters. The Kier molecular flexibility index (Phi) is 5.51. The van der Waals surface area contributed by atoms with Crippen LogP contribution in [0.25, 0.3) is 22.2 Å². The van der Waals surface area contributed by atoms with E-state index in [2.05, 4.69) is 21.8 Å². The molecule has 3 heterocycles. The predicted octanol–water partition coefficient (Wildman–Crippen LogP) is 1.98. The van der Waals surface area contributed by atoms with Gasteiger partial charge in [0.05, 0.1) is 29.2 Å². The molecule has 0 aliphatic carbocycles. The maximum Gasteiger partial charge on any atom is 0.199 e. The third kappa shape index (κ3) is 3.94. The van der Waals surface area contributed by atoms with Crippen molar-refractivity contribution in [2.45, 2.75) is 18.6 Å². The van der Waals surface area contributed by atoms with Crippen molar-refractivity contribution in [3.05, 3.63) is 59.5 Å². The van der Waals surface area contributed by atoms with E-state index in [1.54, 1.807) is 13.1 Å². The van der Waals surface area contributed by atoms with Crippen molar-refractivity contribution >= 4 is 33.8 Å². The smallest absolute Gasteiger partial charge is 0.199 e. The lowest BCUT2D eigenvalue weighted by molar-refractivity contribution is 0.0818. The molecule has 2 aliphatic rings. The number of fused-ring (bicyclic) bond motifs is 1. The summed E-state index contributed by atoms with van der Waals surface area (Å²) in [4.78, 5) is 6.93. The van der Waals surface area contributed by atoms with E-state index < -0.39 is 6.10 Å². The molecule has 1 aromatic heterocycles. The van der Waals surface area contributed by atoms with E-state index in [-0.39, 0.29) is 11.9 Å². The topological polar surface area (TPSA) is 104 Å². The number of guanidine groups is 1. The third-order valence-electron chi connectivity index (χ3n) is 6.47. The highest BCUT2D eigenvalue weighted by atomic mass is 19.1. The number of aryl methyl sites for hydroxylation is 1. The van der Waals surface area contributed by atoms with Gasteiger partial charge in [0, 0.05) is 56.3 Å². The number of rotatable bonds is 3. The fraction of sp³-hybridized carbons (Fsp3) is 0.333. The van der Waals surface area contributed by atoms with Crippen molar-refractivity contribution in [1.82, 2.24) is 20.0 Å². The van der Waals surface area contributed by atoms with Crippen molar-refractivity contribution in [1.29, 1.82) is 0 Å². The summed E-state index contributed by atoms with van der Waals surface area (Å²) in [6, 6.07) is 11.0. The van der Waals surface area contributed by atoms with Crippen LogP contribution in [0.1, 0.15) is 17.5 Å². The summed E-state index contributed by atoms with van der Waals surface area (Å²) in [5.41, 5.74) is 10.8. The van der Waals surface area contributed by atoms with E-state index in [1.807, 2.05) is 41.0 Å². The molecule has 0 saturated carbocycles. The second-order valence-corrected chi connectivity index (χ2v) is 8.57. The summed E-state index contributed by atoms with van der Waals surface area (Å²) in [6.07, 6.45) is 1.90. The van der Waals surface area contributed by atoms with Gasteiger partial charge in [0.25, 0.3) is 0 Å². The molecular weight excluding hydrogens is 421 g/mol. The van der Waals surface area contributed by atoms with Crippen LogP contribution in [-0.2, 0) is 7.05 Å². The third-order valence-corrected chi connectivity index (χ3v) is 6.47. The molecule has 0 bridgehead atoms. The highest BCUT2D eigenvalue weighted by Gasteiger charge is 2.29. The van der Waals surface area contributed by atoms with Crippen molar-refractivity contribution in [2.75, 3.05) is 32.0 Å². The first-order valence-corrected chi connectivity index (χ1v) is 11.1. The van der Waals surface area contributed by atoms with Gasteiger partial charge in [0.2, 0.25) is 0 Å². The van der Waals surface area contributed by atoms with Crippen molar-refractivity contribution < 1.29 is 9.50 Å². The quantitative estimate of drug-likeness (QED) is 0.488. The number of aromatic nitrogens is 2. The molecule has 0 amide bonds. The molecule has 8 nitrogen and oxygen atoms in total. The number of nitrogens with two attached hydrogens (primary N) is 1. The molecule has 0 spiro atoms. The maximum absolute atomic E-state index is 14.7. The minimum Gasteiger partial charge on any atom is -0.390 e. The fourth-order valence-corrected chi connectivity index (χ4v) is 4.48. The zero-order valence-electron chi connectivity index (χ0n) is 18.7. The van der Waals surface area contributed by atoms with E-state index in [9.17, 15) is 9.50 Å². The molecule has 0 radical (unpaired) electrons. The number of aliphatic imine (C=N–C) groups is 1. The molecule has 1 fully saturated rings. The molecule has 9 heteroatoms. The molecule has 5 N–H and O–H groups in total. The van der Waals surface area contributed by atoms with Crippen LogP contribution in [0.3, 0.4) is 0 Å². The van der Waals surface area contributed by atoms with Gasteiger partial charge in [-0.2, -0.15) is 5.10 Å². The van der Waals surface area contributed by atoms with Crippen LogP contribution >= 0.6 is 0 Å². The Morgan fingerprint density at radius 2 is 2.03 bits per heavy atom. The van der Waals surface area contributed by atoms with E-state index in [4.69, 9.17) is 10.7 Å². The second kappa shape index (κ2) is 8.49. The summed E-state index contributed by atoms with van der Waals surface area (Å²) in [5.74, 6) is 0.333. The lowest BCUT2D eigenvalue weighted by Crippen LogP contribution is -2.55. The van der Waals surface area contributed by atoms with E-state index >= 15 is 0 Å². The van der Waals surface area contributed by atoms with Crippen LogP contribution < -0.4 is 16.4 Å². The molecule has 2 aliphatic heterocycles. The molecule has 172 valence electrons. The Bertz CT molecular complexity index is 1260. The Balaban J connectivity index is 1.61. The lowest BCUT2D eigenvalue weighted by atomic mass is 9.97. The van der Waals surface area contributed by atoms with E-state index in [0.717, 1.165) is 22.0 Å². The summed E-state index contributed by atoms with van der Waals surface area (Å²) in [5, 5.41) is 21.9. The van der Waals surface area contributed by atoms with Gasteiger partial charge >= 0.3 is 0 Å². The van der Waals surface area contributed by atoms with Crippen molar-refractivity contribution in [3.63, 3.8) is 0 Å². The van der Waals surface area contributed by atoms with Crippen LogP contribution in [0.5, 0.6) is 0 Å². The summed E-state index contributed by atoms with van der Waals surface area (Å²) in [7, 11) is 3.61. The van der Waals surface area contributed by atoms with Gasteiger partial charge in [-0.25, -0.2) is 9.38 Å². The first-order chi connectivity index (χ1) is 15.9. The van der Waals surface area contributed by atoms with Gasteiger partial charge in [0.1, 0.15) is 5.82 Å². The normalized spacial score (nSPS) is 21.2. The Morgan fingerprint density at radius 1 is 1.21 bits per heavy atom. The first kappa shape index (κ1) is 21.4. The number of likely N-dealkylation sites (tertiary alicyclic amines) is 1. The van der Waals surface area contributed by atoms with Gasteiger partial charge in [-0.1, -0.05) is 12.1 Å². The minimum atomic E-state index is -0.613. The van der Waals surface area contributed by atoms with E-state index in [1.165, 1.54) is 6.07 Å². The average molecular weight is 450 g/mol. The minimum absolute atomic E-state index is 0.231. The number of β-amino-alcohol motifs (C(OH)–C–C–N with tert-alkyl or cyclic N) is 1. The number of benzene rings is 2. The van der Waals surface area contributed by atoms with Crippen LogP contribution in [0.4, 0.5) is 10.1 Å². The van der Waals surface area contributed by atoms with Gasteiger partial charge in [-0.05, 0) is 36.2 Å². The van der Waals surface area contributed by atoms with Crippen LogP contribution in [0.2, 0.25) is 0 Å². The number of nitrogens with one attached hydrogen (secondary N) is 2. The Hall–Kier alpha value is -3.43. The monoisotopic (exact) mass is 449 g/mol. The standard InChI is InChI=1S/C24H28FN7O/c1-27-20-5-3-15(10-18(20)25)23-17(14-4-6-21-16(9-14)11-29-31(21)2)12-28-24(30-23)32-8-7-19(26)22(33)13-32/h3-6,9-11,19,22,27,33H,7-8,12-13,26H2,1-2H3,(H,28,30). The zero-order chi connectivity index (χ0) is 23.1. The zero-order valence-corrected chi connectivity index (χ0v) is 18.7. The van der Waals surface area contributed by atoms with Crippen molar-refractivity contribution in [2.24, 2.45) is 17.8 Å². The molecule has 2 unspecified atom stereocenters. The van der Waals surface area contributed by atoms with Gasteiger partial charge in [0.15, 0.2) is 5.96 Å². The molecule has 5 rings (SSSR count). The number of hydrogen-bond acceptors (Lipinski definition) is 7. The molecule has 3 aromatic rings. The highest BCUT2D eigenvalue weighted by molar-refractivity contribution is 6.02. The number of aliphatic hydroxyl groups is 1. The summed E-state index contributed by atoms with van der Waals surface area (Å²) < 4.78 is 16.5. The number of halogens is 1. The molecule has 1 saturated heterocycles. The van der Waals surface area contributed by atoms with Gasteiger partial charge < -0.3 is 26.4 Å². The van der Waals surface area contributed by atoms with Gasteiger partial charge in [-0.3, -0.25) is 4.68 Å². The lowest BCUT2D eigenvalue weighted by Gasteiger charge is -2.37. The van der Waals surface area contributed by atoms with Crippen molar-refractivity contribution in [3.8, 4) is 0 Å². The number of nitrogens with zero attached hydrogens (tertiary/aromatic N) is 4. The average Bonchev–Trinajstić information content (AvgIpc) is 3.20. The summed E-state index contributed by atoms with van der Waals surface area (Å²) in [6.45, 7) is 1.62. The van der Waals surface area contributed by atoms with E-state index in [0.29, 0.717) is 49.0 Å². The Labute approximate surface area is 191 Å². The van der Waals surface area contributed by atoms with Crippen LogP contribution in [0, 0.1) is 5.82 Å². The number of anilines is 1. The largest absolute Gasteiger partial charge is 0.390 e. The SMILES string of the molecule is CNc1ccc(C2=C(c3ccc4c(cnn4C)c3)CNC(N3CCC(N)C(O)C3)=N2)cc1F. The molecular formula is C24H28FN7O. The maximum atomic E-state index is 14.7. The Morgan fingerprint density at radius 3 is 2.79 bits per heavy atom. The second-order valence-electron chi connectivity index (χ2n) is 8.57. The number of aliphatic hydroxyl groups excluding tert-OH is 1. The fourth-order valence-electron chi connectivity index (χ4n) is 4.48. The molecule has 2 aromatic carbocycles. The van der Waals surface area contributed by atoms with Gasteiger partial charge in [-0.15, -0.1) is 0 Å². The number of hydrogen-bond donors (Lipinski definition) is 4. The number of piperidine rings is 1. The first-order valence-electron chi connectivity index (χ1n) is 11.1.